The second-order valence-electron chi connectivity index (χ2n) is 7.69. The van der Waals surface area contributed by atoms with E-state index < -0.39 is 0 Å². The molecule has 0 spiro atoms. The summed E-state index contributed by atoms with van der Waals surface area (Å²) in [6, 6.07) is 10.4. The number of benzene rings is 1. The first-order valence-electron chi connectivity index (χ1n) is 10.0. The Morgan fingerprint density at radius 2 is 1.65 bits per heavy atom. The maximum atomic E-state index is 12.5. The highest BCUT2D eigenvalue weighted by molar-refractivity contribution is 5.80. The quantitative estimate of drug-likeness (QED) is 0.864. The molecule has 142 valence electrons. The van der Waals surface area contributed by atoms with Gasteiger partial charge in [-0.15, -0.1) is 0 Å². The molecule has 3 amide bonds. The summed E-state index contributed by atoms with van der Waals surface area (Å²) >= 11 is 0. The van der Waals surface area contributed by atoms with Gasteiger partial charge >= 0.3 is 6.03 Å². The van der Waals surface area contributed by atoms with Gasteiger partial charge in [-0.2, -0.15) is 0 Å². The van der Waals surface area contributed by atoms with E-state index in [1.165, 1.54) is 19.3 Å². The highest BCUT2D eigenvalue weighted by atomic mass is 16.2. The van der Waals surface area contributed by atoms with Crippen molar-refractivity contribution in [1.29, 1.82) is 0 Å². The Hall–Kier alpha value is -2.04. The minimum Gasteiger partial charge on any atom is -0.349 e. The molecule has 0 radical (unpaired) electrons. The number of hydrogen-bond acceptors (Lipinski definition) is 2. The average Bonchev–Trinajstić information content (AvgIpc) is 2.69. The smallest absolute Gasteiger partial charge is 0.317 e. The molecule has 5 heteroatoms. The molecule has 3 rings (SSSR count). The minimum atomic E-state index is -0.0000993. The summed E-state index contributed by atoms with van der Waals surface area (Å²) < 4.78 is 0. The van der Waals surface area contributed by atoms with Crippen molar-refractivity contribution >= 4 is 11.9 Å². The number of hydrogen-bond donors (Lipinski definition) is 2. The zero-order valence-corrected chi connectivity index (χ0v) is 15.7. The van der Waals surface area contributed by atoms with Crippen LogP contribution in [0.5, 0.6) is 0 Å². The van der Waals surface area contributed by atoms with E-state index in [2.05, 4.69) is 10.6 Å². The van der Waals surface area contributed by atoms with Crippen LogP contribution in [0.25, 0.3) is 0 Å². The van der Waals surface area contributed by atoms with Crippen molar-refractivity contribution < 1.29 is 9.59 Å². The summed E-state index contributed by atoms with van der Waals surface area (Å²) in [6.07, 6.45) is 7.40. The molecule has 5 nitrogen and oxygen atoms in total. The highest BCUT2D eigenvalue weighted by Gasteiger charge is 2.29. The normalized spacial score (nSPS) is 20.4. The lowest BCUT2D eigenvalue weighted by Gasteiger charge is -2.33. The first-order valence-corrected chi connectivity index (χ1v) is 10.0. The average molecular weight is 357 g/mol. The van der Waals surface area contributed by atoms with Crippen molar-refractivity contribution in [1.82, 2.24) is 15.5 Å². The SMILES string of the molecule is CC(NC(=O)C1CCN(C(=O)NC2CCCCC2)CC1)c1ccccc1. The predicted molar refractivity (Wildman–Crippen MR) is 103 cm³/mol. The number of rotatable bonds is 4. The fraction of sp³-hybridized carbons (Fsp3) is 0.619. The number of carbonyl (C=O) groups excluding carboxylic acids is 2. The fourth-order valence-corrected chi connectivity index (χ4v) is 4.01. The van der Waals surface area contributed by atoms with Crippen LogP contribution in [0, 0.1) is 5.92 Å². The van der Waals surface area contributed by atoms with Crippen molar-refractivity contribution in [3.8, 4) is 0 Å². The molecule has 2 aliphatic rings. The monoisotopic (exact) mass is 357 g/mol. The van der Waals surface area contributed by atoms with Gasteiger partial charge in [0.05, 0.1) is 6.04 Å². The number of likely N-dealkylation sites (tertiary alicyclic amines) is 1. The fourth-order valence-electron chi connectivity index (χ4n) is 4.01. The zero-order chi connectivity index (χ0) is 18.4. The summed E-state index contributed by atoms with van der Waals surface area (Å²) in [4.78, 5) is 26.8. The van der Waals surface area contributed by atoms with Crippen LogP contribution in [0.1, 0.15) is 63.5 Å². The molecule has 1 aromatic rings. The maximum Gasteiger partial charge on any atom is 0.317 e. The molecule has 1 saturated carbocycles. The lowest BCUT2D eigenvalue weighted by atomic mass is 9.94. The molecule has 1 unspecified atom stereocenters. The molecule has 1 heterocycles. The molecule has 1 aliphatic carbocycles. The van der Waals surface area contributed by atoms with Crippen molar-refractivity contribution in [2.75, 3.05) is 13.1 Å². The summed E-state index contributed by atoms with van der Waals surface area (Å²) in [5.74, 6) is 0.105. The molecule has 1 aliphatic heterocycles. The molecule has 0 aromatic heterocycles. The third kappa shape index (κ3) is 4.99. The van der Waals surface area contributed by atoms with E-state index >= 15 is 0 Å². The number of urea groups is 1. The van der Waals surface area contributed by atoms with E-state index in [1.54, 1.807) is 0 Å². The van der Waals surface area contributed by atoms with Gasteiger partial charge in [0.1, 0.15) is 0 Å². The summed E-state index contributed by atoms with van der Waals surface area (Å²) in [7, 11) is 0. The molecule has 1 aromatic carbocycles. The topological polar surface area (TPSA) is 61.4 Å². The van der Waals surface area contributed by atoms with Crippen LogP contribution in [0.2, 0.25) is 0 Å². The number of amides is 3. The number of carbonyl (C=O) groups is 2. The van der Waals surface area contributed by atoms with Gasteiger partial charge in [-0.3, -0.25) is 4.79 Å². The van der Waals surface area contributed by atoms with Crippen LogP contribution in [0.4, 0.5) is 4.79 Å². The molecule has 2 N–H and O–H groups in total. The number of nitrogens with zero attached hydrogens (tertiary/aromatic N) is 1. The molecule has 1 atom stereocenters. The van der Waals surface area contributed by atoms with Gasteiger partial charge in [-0.25, -0.2) is 4.79 Å². The third-order valence-corrected chi connectivity index (χ3v) is 5.74. The van der Waals surface area contributed by atoms with Gasteiger partial charge < -0.3 is 15.5 Å². The van der Waals surface area contributed by atoms with Crippen molar-refractivity contribution in [2.45, 2.75) is 64.0 Å². The second-order valence-corrected chi connectivity index (χ2v) is 7.69. The van der Waals surface area contributed by atoms with Crippen LogP contribution < -0.4 is 10.6 Å². The maximum absolute atomic E-state index is 12.5. The Labute approximate surface area is 156 Å². The van der Waals surface area contributed by atoms with Crippen LogP contribution in [-0.2, 0) is 4.79 Å². The highest BCUT2D eigenvalue weighted by Crippen LogP contribution is 2.21. The second kappa shape index (κ2) is 9.06. The van der Waals surface area contributed by atoms with E-state index in [9.17, 15) is 9.59 Å². The Morgan fingerprint density at radius 1 is 1.00 bits per heavy atom. The van der Waals surface area contributed by atoms with Gasteiger partial charge in [0.2, 0.25) is 5.91 Å². The largest absolute Gasteiger partial charge is 0.349 e. The van der Waals surface area contributed by atoms with E-state index in [0.717, 1.165) is 31.2 Å². The molecular formula is C21H31N3O2. The van der Waals surface area contributed by atoms with Crippen LogP contribution >= 0.6 is 0 Å². The van der Waals surface area contributed by atoms with Gasteiger partial charge in [-0.05, 0) is 38.2 Å². The summed E-state index contributed by atoms with van der Waals surface area (Å²) in [5, 5.41) is 6.29. The lowest BCUT2D eigenvalue weighted by molar-refractivity contribution is -0.126. The molecular weight excluding hydrogens is 326 g/mol. The van der Waals surface area contributed by atoms with Crippen molar-refractivity contribution in [3.05, 3.63) is 35.9 Å². The first-order chi connectivity index (χ1) is 12.6. The Bertz CT molecular complexity index is 591. The van der Waals surface area contributed by atoms with Gasteiger partial charge in [-0.1, -0.05) is 49.6 Å². The minimum absolute atomic E-state index is 0.0000993. The number of nitrogens with one attached hydrogen (secondary N) is 2. The Morgan fingerprint density at radius 3 is 2.31 bits per heavy atom. The van der Waals surface area contributed by atoms with Crippen molar-refractivity contribution in [3.63, 3.8) is 0 Å². The molecule has 26 heavy (non-hydrogen) atoms. The van der Waals surface area contributed by atoms with Crippen molar-refractivity contribution in [2.24, 2.45) is 5.92 Å². The first kappa shape index (κ1) is 18.7. The standard InChI is InChI=1S/C21H31N3O2/c1-16(17-8-4-2-5-9-17)22-20(25)18-12-14-24(15-13-18)21(26)23-19-10-6-3-7-11-19/h2,4-5,8-9,16,18-19H,3,6-7,10-15H2,1H3,(H,22,25)(H,23,26). The lowest BCUT2D eigenvalue weighted by Crippen LogP contribution is -2.49. The Balaban J connectivity index is 1.42. The van der Waals surface area contributed by atoms with Gasteiger partial charge in [0, 0.05) is 25.0 Å². The predicted octanol–water partition coefficient (Wildman–Crippen LogP) is 3.62. The van der Waals surface area contributed by atoms with Crippen LogP contribution in [0.15, 0.2) is 30.3 Å². The summed E-state index contributed by atoms with van der Waals surface area (Å²) in [6.45, 7) is 3.34. The Kier molecular flexibility index (Phi) is 6.53. The van der Waals surface area contributed by atoms with E-state index in [0.29, 0.717) is 19.1 Å². The summed E-state index contributed by atoms with van der Waals surface area (Å²) in [5.41, 5.74) is 1.12. The molecule has 0 bridgehead atoms. The van der Waals surface area contributed by atoms with Crippen LogP contribution in [0.3, 0.4) is 0 Å². The number of piperidine rings is 1. The van der Waals surface area contributed by atoms with E-state index in [1.807, 2.05) is 42.2 Å². The van der Waals surface area contributed by atoms with E-state index in [4.69, 9.17) is 0 Å². The van der Waals surface area contributed by atoms with Gasteiger partial charge in [0.25, 0.3) is 0 Å². The molecule has 1 saturated heterocycles. The molecule has 2 fully saturated rings. The van der Waals surface area contributed by atoms with E-state index in [-0.39, 0.29) is 23.9 Å². The van der Waals surface area contributed by atoms with Gasteiger partial charge in [0.15, 0.2) is 0 Å². The van der Waals surface area contributed by atoms with Crippen LogP contribution in [-0.4, -0.2) is 36.0 Å². The zero-order valence-electron chi connectivity index (χ0n) is 15.7. The third-order valence-electron chi connectivity index (χ3n) is 5.74.